The van der Waals surface area contributed by atoms with Crippen LogP contribution in [0.4, 0.5) is 0 Å². The van der Waals surface area contributed by atoms with Crippen LogP contribution < -0.4 is 10.1 Å². The lowest BCUT2D eigenvalue weighted by molar-refractivity contribution is 0.0536. The van der Waals surface area contributed by atoms with Crippen molar-refractivity contribution in [2.24, 2.45) is 0 Å². The minimum Gasteiger partial charge on any atom is -0.491 e. The number of ether oxygens (including phenoxy) is 1. The Morgan fingerprint density at radius 3 is 2.89 bits per heavy atom. The number of hydrogen-bond acceptors (Lipinski definition) is 4. The molecule has 2 rings (SSSR count). The highest BCUT2D eigenvalue weighted by Crippen LogP contribution is 2.25. The average molecular weight is 316 g/mol. The lowest BCUT2D eigenvalue weighted by Gasteiger charge is -2.12. The fourth-order valence-electron chi connectivity index (χ4n) is 1.56. The van der Waals surface area contributed by atoms with Gasteiger partial charge in [0.25, 0.3) is 0 Å². The molecule has 1 aliphatic carbocycles. The molecule has 0 bridgehead atoms. The molecule has 100 valence electrons. The van der Waals surface area contributed by atoms with Crippen molar-refractivity contribution in [3.63, 3.8) is 0 Å². The topological polar surface area (TPSA) is 61.7 Å². The molecule has 0 aliphatic heterocycles. The van der Waals surface area contributed by atoms with E-state index in [9.17, 15) is 5.11 Å². The molecule has 3 N–H and O–H groups in total. The summed E-state index contributed by atoms with van der Waals surface area (Å²) in [5.74, 6) is 0.707. The van der Waals surface area contributed by atoms with Gasteiger partial charge in [0, 0.05) is 17.1 Å². The molecular weight excluding hydrogens is 298 g/mol. The van der Waals surface area contributed by atoms with Crippen molar-refractivity contribution < 1.29 is 14.9 Å². The van der Waals surface area contributed by atoms with E-state index in [1.165, 1.54) is 12.8 Å². The first kappa shape index (κ1) is 13.8. The van der Waals surface area contributed by atoms with Crippen LogP contribution in [0, 0.1) is 0 Å². The quantitative estimate of drug-likeness (QED) is 0.712. The minimum absolute atomic E-state index is 0.105. The second kappa shape index (κ2) is 6.52. The highest BCUT2D eigenvalue weighted by atomic mass is 79.9. The van der Waals surface area contributed by atoms with Crippen LogP contribution in [0.2, 0.25) is 0 Å². The molecule has 0 radical (unpaired) electrons. The van der Waals surface area contributed by atoms with Gasteiger partial charge >= 0.3 is 0 Å². The maximum Gasteiger partial charge on any atom is 0.119 e. The van der Waals surface area contributed by atoms with Crippen LogP contribution in [0.1, 0.15) is 18.4 Å². The van der Waals surface area contributed by atoms with E-state index in [0.717, 1.165) is 16.6 Å². The SMILES string of the molecule is OCC(O)COc1ccc(Br)c(CNC2CC2)c1. The first-order chi connectivity index (χ1) is 8.69. The molecule has 0 aromatic heterocycles. The third-order valence-electron chi connectivity index (χ3n) is 2.83. The molecule has 1 unspecified atom stereocenters. The van der Waals surface area contributed by atoms with Crippen LogP contribution in [0.25, 0.3) is 0 Å². The van der Waals surface area contributed by atoms with Crippen LogP contribution in [0.5, 0.6) is 5.75 Å². The summed E-state index contributed by atoms with van der Waals surface area (Å²) < 4.78 is 6.47. The van der Waals surface area contributed by atoms with Crippen molar-refractivity contribution in [1.29, 1.82) is 0 Å². The van der Waals surface area contributed by atoms with E-state index in [4.69, 9.17) is 9.84 Å². The summed E-state index contributed by atoms with van der Waals surface area (Å²) in [5.41, 5.74) is 1.14. The summed E-state index contributed by atoms with van der Waals surface area (Å²) in [6, 6.07) is 6.39. The predicted molar refractivity (Wildman–Crippen MR) is 72.6 cm³/mol. The average Bonchev–Trinajstić information content (AvgIpc) is 3.19. The van der Waals surface area contributed by atoms with Gasteiger partial charge in [-0.2, -0.15) is 0 Å². The van der Waals surface area contributed by atoms with Crippen LogP contribution >= 0.6 is 15.9 Å². The van der Waals surface area contributed by atoms with Gasteiger partial charge in [-0.15, -0.1) is 0 Å². The van der Waals surface area contributed by atoms with Gasteiger partial charge in [-0.3, -0.25) is 0 Å². The normalized spacial score (nSPS) is 16.6. The largest absolute Gasteiger partial charge is 0.491 e. The molecule has 18 heavy (non-hydrogen) atoms. The third kappa shape index (κ3) is 4.24. The second-order valence-electron chi connectivity index (χ2n) is 4.56. The number of aliphatic hydroxyl groups is 2. The first-order valence-corrected chi connectivity index (χ1v) is 6.92. The monoisotopic (exact) mass is 315 g/mol. The van der Waals surface area contributed by atoms with Crippen molar-refractivity contribution in [1.82, 2.24) is 5.32 Å². The van der Waals surface area contributed by atoms with E-state index in [0.29, 0.717) is 11.8 Å². The number of nitrogens with one attached hydrogen (secondary N) is 1. The molecule has 1 aliphatic rings. The summed E-state index contributed by atoms with van der Waals surface area (Å²) >= 11 is 3.51. The number of hydrogen-bond donors (Lipinski definition) is 3. The Balaban J connectivity index is 1.91. The van der Waals surface area contributed by atoms with Crippen LogP contribution in [-0.2, 0) is 6.54 Å². The van der Waals surface area contributed by atoms with Gasteiger partial charge in [-0.1, -0.05) is 15.9 Å². The summed E-state index contributed by atoms with van der Waals surface area (Å²) in [6.07, 6.45) is 1.69. The van der Waals surface area contributed by atoms with E-state index in [1.807, 2.05) is 18.2 Å². The van der Waals surface area contributed by atoms with E-state index in [1.54, 1.807) is 0 Å². The van der Waals surface area contributed by atoms with Gasteiger partial charge in [0.05, 0.1) is 6.61 Å². The number of rotatable bonds is 7. The summed E-state index contributed by atoms with van der Waals surface area (Å²) in [7, 11) is 0. The third-order valence-corrected chi connectivity index (χ3v) is 3.60. The van der Waals surface area contributed by atoms with Crippen molar-refractivity contribution in [2.45, 2.75) is 31.5 Å². The number of benzene rings is 1. The van der Waals surface area contributed by atoms with Crippen LogP contribution in [-0.4, -0.2) is 35.6 Å². The molecule has 1 saturated carbocycles. The van der Waals surface area contributed by atoms with Gasteiger partial charge in [0.15, 0.2) is 0 Å². The fourth-order valence-corrected chi connectivity index (χ4v) is 1.95. The molecular formula is C13H18BrNO3. The molecule has 1 fully saturated rings. The number of aliphatic hydroxyl groups excluding tert-OH is 2. The van der Waals surface area contributed by atoms with E-state index < -0.39 is 6.10 Å². The van der Waals surface area contributed by atoms with Gasteiger partial charge in [0.2, 0.25) is 0 Å². The Morgan fingerprint density at radius 2 is 2.22 bits per heavy atom. The molecule has 1 atom stereocenters. The summed E-state index contributed by atoms with van der Waals surface area (Å²) in [4.78, 5) is 0. The van der Waals surface area contributed by atoms with Crippen LogP contribution in [0.3, 0.4) is 0 Å². The predicted octanol–water partition coefficient (Wildman–Crippen LogP) is 1.43. The zero-order valence-electron chi connectivity index (χ0n) is 10.1. The Bertz CT molecular complexity index is 396. The lowest BCUT2D eigenvalue weighted by atomic mass is 10.2. The molecule has 0 spiro atoms. The van der Waals surface area contributed by atoms with Crippen molar-refractivity contribution in [3.05, 3.63) is 28.2 Å². The number of halogens is 1. The van der Waals surface area contributed by atoms with Crippen molar-refractivity contribution in [3.8, 4) is 5.75 Å². The maximum absolute atomic E-state index is 9.23. The summed E-state index contributed by atoms with van der Waals surface area (Å²) in [6.45, 7) is 0.630. The molecule has 4 nitrogen and oxygen atoms in total. The van der Waals surface area contributed by atoms with Crippen molar-refractivity contribution in [2.75, 3.05) is 13.2 Å². The Morgan fingerprint density at radius 1 is 1.44 bits per heavy atom. The van der Waals surface area contributed by atoms with Gasteiger partial charge in [-0.05, 0) is 36.6 Å². The molecule has 1 aromatic carbocycles. The molecule has 5 heteroatoms. The van der Waals surface area contributed by atoms with E-state index >= 15 is 0 Å². The van der Waals surface area contributed by atoms with E-state index in [2.05, 4.69) is 21.2 Å². The van der Waals surface area contributed by atoms with Gasteiger partial charge in [-0.25, -0.2) is 0 Å². The van der Waals surface area contributed by atoms with Crippen LogP contribution in [0.15, 0.2) is 22.7 Å². The van der Waals surface area contributed by atoms with Crippen molar-refractivity contribution >= 4 is 15.9 Å². The lowest BCUT2D eigenvalue weighted by Crippen LogP contribution is -2.21. The first-order valence-electron chi connectivity index (χ1n) is 6.12. The molecule has 0 saturated heterocycles. The highest BCUT2D eigenvalue weighted by molar-refractivity contribution is 9.10. The zero-order chi connectivity index (χ0) is 13.0. The molecule has 0 heterocycles. The molecule has 1 aromatic rings. The standard InChI is InChI=1S/C13H18BrNO3/c14-13-4-3-12(18-8-11(17)7-16)5-9(13)6-15-10-1-2-10/h3-5,10-11,15-17H,1-2,6-8H2. The van der Waals surface area contributed by atoms with Gasteiger partial charge in [0.1, 0.15) is 18.5 Å². The Labute approximate surface area is 115 Å². The maximum atomic E-state index is 9.23. The Hall–Kier alpha value is -0.620. The van der Waals surface area contributed by atoms with E-state index in [-0.39, 0.29) is 13.2 Å². The highest BCUT2D eigenvalue weighted by Gasteiger charge is 2.20. The Kier molecular flexibility index (Phi) is 5.00. The van der Waals surface area contributed by atoms with Gasteiger partial charge < -0.3 is 20.3 Å². The molecule has 0 amide bonds. The second-order valence-corrected chi connectivity index (χ2v) is 5.41. The zero-order valence-corrected chi connectivity index (χ0v) is 11.7. The summed E-state index contributed by atoms with van der Waals surface area (Å²) in [5, 5.41) is 21.4. The minimum atomic E-state index is -0.832. The fraction of sp³-hybridized carbons (Fsp3) is 0.538. The smallest absolute Gasteiger partial charge is 0.119 e.